The van der Waals surface area contributed by atoms with Crippen molar-refractivity contribution in [3.8, 4) is 5.88 Å². The van der Waals surface area contributed by atoms with Crippen molar-refractivity contribution in [2.75, 3.05) is 18.5 Å². The van der Waals surface area contributed by atoms with Crippen LogP contribution in [0.3, 0.4) is 0 Å². The zero-order valence-electron chi connectivity index (χ0n) is 27.0. The number of hydrogen-bond donors (Lipinski definition) is 1. The summed E-state index contributed by atoms with van der Waals surface area (Å²) < 4.78 is 34.3. The molecule has 2 fully saturated rings. The number of hydrogen-bond acceptors (Lipinski definition) is 9. The van der Waals surface area contributed by atoms with Crippen LogP contribution in [0.4, 0.5) is 5.95 Å². The predicted octanol–water partition coefficient (Wildman–Crippen LogP) is 5.86. The molecule has 7 rings (SSSR count). The maximum atomic E-state index is 12.7. The molecule has 48 heavy (non-hydrogen) atoms. The van der Waals surface area contributed by atoms with Crippen LogP contribution in [0.25, 0.3) is 11.2 Å². The van der Waals surface area contributed by atoms with Crippen LogP contribution in [0.5, 0.6) is 5.88 Å². The molecule has 4 heterocycles. The number of carbonyl (C=O) groups excluding carboxylic acids is 1. The molecule has 0 spiro atoms. The molecule has 2 saturated heterocycles. The van der Waals surface area contributed by atoms with Crippen molar-refractivity contribution in [1.29, 1.82) is 0 Å². The minimum absolute atomic E-state index is 0.116. The van der Waals surface area contributed by atoms with Crippen LogP contribution in [-0.2, 0) is 43.6 Å². The SMILES string of the molecule is CC(C)C(=O)Nc1nc(OCc2ccccc2)c2ncn(C3O[C@]4(COCc5ccccc5)CCOC3C4OCc3ccccc3)c2n1. The largest absolute Gasteiger partial charge is 0.471 e. The summed E-state index contributed by atoms with van der Waals surface area (Å²) in [6, 6.07) is 29.9. The summed E-state index contributed by atoms with van der Waals surface area (Å²) in [6.07, 6.45) is 0.656. The Morgan fingerprint density at radius 2 is 1.56 bits per heavy atom. The number of amides is 1. The number of rotatable bonds is 13. The number of imidazole rings is 1. The molecule has 2 aromatic heterocycles. The van der Waals surface area contributed by atoms with Gasteiger partial charge in [0.15, 0.2) is 17.4 Å². The maximum absolute atomic E-state index is 12.7. The monoisotopic (exact) mass is 649 g/mol. The third kappa shape index (κ3) is 6.81. The van der Waals surface area contributed by atoms with E-state index in [2.05, 4.69) is 15.3 Å². The number of ether oxygens (including phenoxy) is 5. The van der Waals surface area contributed by atoms with E-state index in [-0.39, 0.29) is 30.3 Å². The second-order valence-electron chi connectivity index (χ2n) is 12.4. The van der Waals surface area contributed by atoms with Gasteiger partial charge < -0.3 is 23.7 Å². The molecular weight excluding hydrogens is 610 g/mol. The van der Waals surface area contributed by atoms with Crippen molar-refractivity contribution in [3.63, 3.8) is 0 Å². The Hall–Kier alpha value is -4.68. The third-order valence-electron chi connectivity index (χ3n) is 8.66. The van der Waals surface area contributed by atoms with E-state index < -0.39 is 24.0 Å². The smallest absolute Gasteiger partial charge is 0.247 e. The van der Waals surface area contributed by atoms with Gasteiger partial charge in [-0.05, 0) is 16.7 Å². The van der Waals surface area contributed by atoms with E-state index in [0.717, 1.165) is 16.7 Å². The van der Waals surface area contributed by atoms with Crippen molar-refractivity contribution >= 4 is 23.0 Å². The molecule has 4 atom stereocenters. The fourth-order valence-corrected chi connectivity index (χ4v) is 6.10. The molecule has 1 amide bonds. The Balaban J connectivity index is 1.22. The van der Waals surface area contributed by atoms with Crippen molar-refractivity contribution in [2.24, 2.45) is 5.92 Å². The minimum atomic E-state index is -0.790. The van der Waals surface area contributed by atoms with Gasteiger partial charge in [-0.1, -0.05) is 105 Å². The molecule has 11 nitrogen and oxygen atoms in total. The summed E-state index contributed by atoms with van der Waals surface area (Å²) in [4.78, 5) is 26.7. The number of nitrogens with one attached hydrogen (secondary N) is 1. The molecule has 1 N–H and O–H groups in total. The predicted molar refractivity (Wildman–Crippen MR) is 178 cm³/mol. The van der Waals surface area contributed by atoms with E-state index in [0.29, 0.717) is 44.0 Å². The van der Waals surface area contributed by atoms with Crippen LogP contribution in [0.2, 0.25) is 0 Å². The lowest BCUT2D eigenvalue weighted by atomic mass is 9.90. The molecule has 0 aliphatic carbocycles. The highest BCUT2D eigenvalue weighted by molar-refractivity contribution is 5.91. The average Bonchev–Trinajstić information content (AvgIpc) is 3.60. The summed E-state index contributed by atoms with van der Waals surface area (Å²) in [5.74, 6) is -0.117. The van der Waals surface area contributed by atoms with Gasteiger partial charge in [0, 0.05) is 12.3 Å². The lowest BCUT2D eigenvalue weighted by Crippen LogP contribution is -2.53. The number of carbonyl (C=O) groups is 1. The van der Waals surface area contributed by atoms with Crippen molar-refractivity contribution in [1.82, 2.24) is 19.5 Å². The highest BCUT2D eigenvalue weighted by Crippen LogP contribution is 2.47. The van der Waals surface area contributed by atoms with Gasteiger partial charge >= 0.3 is 0 Å². The van der Waals surface area contributed by atoms with Crippen LogP contribution in [0, 0.1) is 5.92 Å². The van der Waals surface area contributed by atoms with Gasteiger partial charge in [-0.3, -0.25) is 14.7 Å². The molecule has 3 aromatic carbocycles. The first-order valence-electron chi connectivity index (χ1n) is 16.3. The zero-order valence-corrected chi connectivity index (χ0v) is 27.0. The Kier molecular flexibility index (Phi) is 9.44. The first-order chi connectivity index (χ1) is 23.5. The normalized spacial score (nSPS) is 21.9. The van der Waals surface area contributed by atoms with E-state index in [4.69, 9.17) is 28.7 Å². The van der Waals surface area contributed by atoms with Gasteiger partial charge in [-0.2, -0.15) is 9.97 Å². The van der Waals surface area contributed by atoms with E-state index >= 15 is 0 Å². The lowest BCUT2D eigenvalue weighted by molar-refractivity contribution is -0.178. The zero-order chi connectivity index (χ0) is 32.9. The fraction of sp³-hybridized carbons (Fsp3) is 0.351. The lowest BCUT2D eigenvalue weighted by Gasteiger charge is -2.38. The molecule has 11 heteroatoms. The van der Waals surface area contributed by atoms with Gasteiger partial charge in [0.1, 0.15) is 24.4 Å². The molecule has 0 radical (unpaired) electrons. The first-order valence-corrected chi connectivity index (χ1v) is 16.3. The number of nitrogens with zero attached hydrogens (tertiary/aromatic N) is 4. The Morgan fingerprint density at radius 1 is 0.917 bits per heavy atom. The Bertz CT molecular complexity index is 1820. The van der Waals surface area contributed by atoms with Crippen LogP contribution >= 0.6 is 0 Å². The van der Waals surface area contributed by atoms with E-state index in [1.165, 1.54) is 0 Å². The van der Waals surface area contributed by atoms with Crippen LogP contribution in [0.1, 0.15) is 43.2 Å². The summed E-state index contributed by atoms with van der Waals surface area (Å²) in [7, 11) is 0. The van der Waals surface area contributed by atoms with Gasteiger partial charge in [-0.25, -0.2) is 4.98 Å². The Labute approximate surface area is 279 Å². The van der Waals surface area contributed by atoms with Crippen LogP contribution in [0.15, 0.2) is 97.3 Å². The summed E-state index contributed by atoms with van der Waals surface area (Å²) in [5.41, 5.74) is 3.18. The van der Waals surface area contributed by atoms with Gasteiger partial charge in [0.2, 0.25) is 17.7 Å². The summed E-state index contributed by atoms with van der Waals surface area (Å²) >= 11 is 0. The first kappa shape index (κ1) is 31.9. The van der Waals surface area contributed by atoms with Crippen LogP contribution < -0.4 is 10.1 Å². The highest BCUT2D eigenvalue weighted by Gasteiger charge is 2.60. The molecule has 2 bridgehead atoms. The van der Waals surface area contributed by atoms with Gasteiger partial charge in [-0.15, -0.1) is 0 Å². The fourth-order valence-electron chi connectivity index (χ4n) is 6.10. The van der Waals surface area contributed by atoms with Crippen molar-refractivity contribution in [2.45, 2.75) is 64.1 Å². The van der Waals surface area contributed by atoms with Crippen LogP contribution in [-0.4, -0.2) is 56.4 Å². The van der Waals surface area contributed by atoms with E-state index in [9.17, 15) is 4.79 Å². The van der Waals surface area contributed by atoms with Crippen molar-refractivity contribution < 1.29 is 28.5 Å². The van der Waals surface area contributed by atoms with E-state index in [1.807, 2.05) is 109 Å². The average molecular weight is 650 g/mol. The molecule has 3 unspecified atom stereocenters. The second-order valence-corrected chi connectivity index (χ2v) is 12.4. The number of aromatic nitrogens is 4. The molecule has 5 aromatic rings. The molecule has 2 aliphatic heterocycles. The number of benzene rings is 3. The second kappa shape index (κ2) is 14.2. The Morgan fingerprint density at radius 3 is 2.23 bits per heavy atom. The molecule has 248 valence electrons. The standard InChI is InChI=1S/C37H39N5O6/c1-25(2)33(43)40-36-39-32-29(34(41-36)47-22-28-16-10-5-11-17-28)38-24-42(32)35-30-31(46-21-27-14-8-4-9-15-27)37(48-35,18-19-45-30)23-44-20-26-12-6-3-7-13-26/h3-17,24-25,30-31,35H,18-23H2,1-2H3,(H,39,40,41,43)/t30?,31?,35?,37-/m0/s1. The third-order valence-corrected chi connectivity index (χ3v) is 8.66. The maximum Gasteiger partial charge on any atom is 0.247 e. The van der Waals surface area contributed by atoms with Crippen molar-refractivity contribution in [3.05, 3.63) is 114 Å². The minimum Gasteiger partial charge on any atom is -0.471 e. The molecule has 2 aliphatic rings. The van der Waals surface area contributed by atoms with Gasteiger partial charge in [0.25, 0.3) is 0 Å². The quantitative estimate of drug-likeness (QED) is 0.167. The summed E-state index contributed by atoms with van der Waals surface area (Å²) in [5, 5.41) is 2.83. The highest BCUT2D eigenvalue weighted by atomic mass is 16.6. The van der Waals surface area contributed by atoms with E-state index in [1.54, 1.807) is 6.33 Å². The number of fused-ring (bicyclic) bond motifs is 3. The summed E-state index contributed by atoms with van der Waals surface area (Å²) in [6.45, 7) is 5.49. The molecule has 0 saturated carbocycles. The molecular formula is C37H39N5O6. The van der Waals surface area contributed by atoms with Gasteiger partial charge in [0.05, 0.1) is 32.8 Å². The topological polar surface area (TPSA) is 119 Å². The number of anilines is 1.